The first-order valence-electron chi connectivity index (χ1n) is 5.06. The van der Waals surface area contributed by atoms with Gasteiger partial charge in [-0.05, 0) is 6.42 Å². The molecule has 1 aromatic rings. The maximum absolute atomic E-state index is 5.63. The summed E-state index contributed by atoms with van der Waals surface area (Å²) >= 11 is 0. The van der Waals surface area contributed by atoms with Gasteiger partial charge in [-0.15, -0.1) is 0 Å². The molecule has 1 heterocycles. The van der Waals surface area contributed by atoms with Crippen molar-refractivity contribution in [2.75, 3.05) is 5.73 Å². The van der Waals surface area contributed by atoms with Crippen molar-refractivity contribution in [1.29, 1.82) is 0 Å². The van der Waals surface area contributed by atoms with Crippen LogP contribution in [0.4, 0.5) is 5.95 Å². The molecule has 1 atom stereocenters. The molecule has 0 bridgehead atoms. The highest BCUT2D eigenvalue weighted by Gasteiger charge is 2.11. The quantitative estimate of drug-likeness (QED) is 0.800. The molecule has 1 unspecified atom stereocenters. The van der Waals surface area contributed by atoms with Crippen LogP contribution in [0.25, 0.3) is 0 Å². The van der Waals surface area contributed by atoms with Crippen LogP contribution in [0.1, 0.15) is 57.6 Å². The molecule has 0 fully saturated rings. The van der Waals surface area contributed by atoms with Gasteiger partial charge in [0.05, 0.1) is 0 Å². The molecule has 1 rings (SSSR count). The maximum Gasteiger partial charge on any atom is 0.223 e. The zero-order valence-electron chi connectivity index (χ0n) is 9.28. The monoisotopic (exact) mass is 194 g/mol. The van der Waals surface area contributed by atoms with Gasteiger partial charge >= 0.3 is 0 Å². The van der Waals surface area contributed by atoms with E-state index in [1.807, 2.05) is 0 Å². The number of nitrogens with zero attached hydrogens (tertiary/aromatic N) is 3. The minimum Gasteiger partial charge on any atom is -0.368 e. The van der Waals surface area contributed by atoms with Crippen molar-refractivity contribution >= 4 is 5.95 Å². The van der Waals surface area contributed by atoms with Crippen LogP contribution in [0.15, 0.2) is 0 Å². The Morgan fingerprint density at radius 2 is 1.64 bits per heavy atom. The Bertz CT molecular complexity index is 309. The second kappa shape index (κ2) is 4.35. The van der Waals surface area contributed by atoms with Gasteiger partial charge < -0.3 is 5.73 Å². The second-order valence-corrected chi connectivity index (χ2v) is 3.87. The molecule has 0 saturated carbocycles. The van der Waals surface area contributed by atoms with Crippen LogP contribution in [-0.2, 0) is 0 Å². The van der Waals surface area contributed by atoms with Crippen molar-refractivity contribution in [3.8, 4) is 0 Å². The molecule has 2 N–H and O–H groups in total. The molecular formula is C10H18N4. The minimum atomic E-state index is 0.295. The van der Waals surface area contributed by atoms with E-state index in [-0.39, 0.29) is 0 Å². The molecule has 0 aliphatic carbocycles. The first-order valence-corrected chi connectivity index (χ1v) is 5.06. The molecule has 4 nitrogen and oxygen atoms in total. The molecule has 1 aromatic heterocycles. The van der Waals surface area contributed by atoms with E-state index in [0.29, 0.717) is 17.8 Å². The number of hydrogen-bond acceptors (Lipinski definition) is 4. The first kappa shape index (κ1) is 10.9. The van der Waals surface area contributed by atoms with Gasteiger partial charge in [0.1, 0.15) is 11.6 Å². The van der Waals surface area contributed by atoms with E-state index in [4.69, 9.17) is 5.73 Å². The molecule has 78 valence electrons. The molecule has 14 heavy (non-hydrogen) atoms. The molecular weight excluding hydrogens is 176 g/mol. The standard InChI is InChI=1S/C10H18N4/c1-5-7(4)9-12-8(6(2)3)13-10(11)14-9/h6-7H,5H2,1-4H3,(H2,11,12,13,14). The van der Waals surface area contributed by atoms with Gasteiger partial charge in [-0.2, -0.15) is 9.97 Å². The molecule has 0 aromatic carbocycles. The Morgan fingerprint density at radius 1 is 1.07 bits per heavy atom. The van der Waals surface area contributed by atoms with E-state index in [0.717, 1.165) is 18.1 Å². The van der Waals surface area contributed by atoms with E-state index >= 15 is 0 Å². The number of anilines is 1. The fraction of sp³-hybridized carbons (Fsp3) is 0.700. The van der Waals surface area contributed by atoms with Crippen LogP contribution < -0.4 is 5.73 Å². The lowest BCUT2D eigenvalue weighted by Crippen LogP contribution is -2.10. The summed E-state index contributed by atoms with van der Waals surface area (Å²) < 4.78 is 0. The largest absolute Gasteiger partial charge is 0.368 e. The van der Waals surface area contributed by atoms with Gasteiger partial charge in [0, 0.05) is 11.8 Å². The lowest BCUT2D eigenvalue weighted by molar-refractivity contribution is 0.647. The Balaban J connectivity index is 3.07. The van der Waals surface area contributed by atoms with Crippen molar-refractivity contribution < 1.29 is 0 Å². The molecule has 0 radical (unpaired) electrons. The average molecular weight is 194 g/mol. The topological polar surface area (TPSA) is 64.7 Å². The maximum atomic E-state index is 5.63. The zero-order chi connectivity index (χ0) is 10.7. The highest BCUT2D eigenvalue weighted by Crippen LogP contribution is 2.17. The van der Waals surface area contributed by atoms with Crippen LogP contribution in [0.5, 0.6) is 0 Å². The fourth-order valence-electron chi connectivity index (χ4n) is 1.09. The number of nitrogen functional groups attached to an aromatic ring is 1. The van der Waals surface area contributed by atoms with Crippen LogP contribution in [0.3, 0.4) is 0 Å². The molecule has 0 spiro atoms. The average Bonchev–Trinajstić information content (AvgIpc) is 2.15. The summed E-state index contributed by atoms with van der Waals surface area (Å²) in [6.07, 6.45) is 1.01. The lowest BCUT2D eigenvalue weighted by atomic mass is 10.1. The van der Waals surface area contributed by atoms with Crippen molar-refractivity contribution in [2.24, 2.45) is 0 Å². The van der Waals surface area contributed by atoms with Crippen molar-refractivity contribution in [2.45, 2.75) is 46.0 Å². The third-order valence-corrected chi connectivity index (χ3v) is 2.26. The summed E-state index contributed by atoms with van der Waals surface area (Å²) in [5.74, 6) is 2.57. The summed E-state index contributed by atoms with van der Waals surface area (Å²) in [6.45, 7) is 8.31. The van der Waals surface area contributed by atoms with Crippen molar-refractivity contribution in [3.63, 3.8) is 0 Å². The van der Waals surface area contributed by atoms with E-state index < -0.39 is 0 Å². The van der Waals surface area contributed by atoms with Gasteiger partial charge in [0.25, 0.3) is 0 Å². The third-order valence-electron chi connectivity index (χ3n) is 2.26. The van der Waals surface area contributed by atoms with Gasteiger partial charge in [0.15, 0.2) is 0 Å². The number of rotatable bonds is 3. The molecule has 0 aliphatic rings. The first-order chi connectivity index (χ1) is 6.54. The highest BCUT2D eigenvalue weighted by molar-refractivity contribution is 5.18. The van der Waals surface area contributed by atoms with Gasteiger partial charge in [-0.25, -0.2) is 4.98 Å². The van der Waals surface area contributed by atoms with E-state index in [9.17, 15) is 0 Å². The van der Waals surface area contributed by atoms with Crippen LogP contribution in [-0.4, -0.2) is 15.0 Å². The third kappa shape index (κ3) is 2.40. The summed E-state index contributed by atoms with van der Waals surface area (Å²) in [6, 6.07) is 0. The highest BCUT2D eigenvalue weighted by atomic mass is 15.1. The van der Waals surface area contributed by atoms with Crippen molar-refractivity contribution in [3.05, 3.63) is 11.6 Å². The number of aromatic nitrogens is 3. The lowest BCUT2D eigenvalue weighted by Gasteiger charge is -2.10. The predicted octanol–water partition coefficient (Wildman–Crippen LogP) is 2.09. The predicted molar refractivity (Wildman–Crippen MR) is 57.0 cm³/mol. The van der Waals surface area contributed by atoms with Crippen LogP contribution in [0.2, 0.25) is 0 Å². The fourth-order valence-corrected chi connectivity index (χ4v) is 1.09. The normalized spacial score (nSPS) is 13.2. The van der Waals surface area contributed by atoms with Gasteiger partial charge in [-0.1, -0.05) is 27.7 Å². The molecule has 0 amide bonds. The van der Waals surface area contributed by atoms with Gasteiger partial charge in [-0.3, -0.25) is 0 Å². The number of nitrogens with two attached hydrogens (primary N) is 1. The summed E-state index contributed by atoms with van der Waals surface area (Å²) in [7, 11) is 0. The minimum absolute atomic E-state index is 0.295. The van der Waals surface area contributed by atoms with E-state index in [1.165, 1.54) is 0 Å². The molecule has 4 heteroatoms. The summed E-state index contributed by atoms with van der Waals surface area (Å²) in [5.41, 5.74) is 5.63. The second-order valence-electron chi connectivity index (χ2n) is 3.87. The van der Waals surface area contributed by atoms with E-state index in [1.54, 1.807) is 0 Å². The molecule has 0 saturated heterocycles. The summed E-state index contributed by atoms with van der Waals surface area (Å²) in [4.78, 5) is 12.6. The van der Waals surface area contributed by atoms with Gasteiger partial charge in [0.2, 0.25) is 5.95 Å². The van der Waals surface area contributed by atoms with Crippen LogP contribution in [0, 0.1) is 0 Å². The number of hydrogen-bond donors (Lipinski definition) is 1. The summed E-state index contributed by atoms with van der Waals surface area (Å²) in [5, 5.41) is 0. The van der Waals surface area contributed by atoms with Crippen LogP contribution >= 0.6 is 0 Å². The van der Waals surface area contributed by atoms with E-state index in [2.05, 4.69) is 42.6 Å². The molecule has 0 aliphatic heterocycles. The Hall–Kier alpha value is -1.19. The van der Waals surface area contributed by atoms with Crippen molar-refractivity contribution in [1.82, 2.24) is 15.0 Å². The Labute approximate surface area is 85.0 Å². The Morgan fingerprint density at radius 3 is 2.14 bits per heavy atom. The Kier molecular flexibility index (Phi) is 3.38. The zero-order valence-corrected chi connectivity index (χ0v) is 9.28. The SMILES string of the molecule is CCC(C)c1nc(N)nc(C(C)C)n1. The smallest absolute Gasteiger partial charge is 0.223 e.